The predicted octanol–water partition coefficient (Wildman–Crippen LogP) is 3.95. The van der Waals surface area contributed by atoms with Crippen LogP contribution in [0.5, 0.6) is 0 Å². The fraction of sp³-hybridized carbons (Fsp3) is 0.304. The van der Waals surface area contributed by atoms with Gasteiger partial charge in [-0.1, -0.05) is 42.5 Å². The number of benzene rings is 2. The van der Waals surface area contributed by atoms with Crippen molar-refractivity contribution in [3.63, 3.8) is 0 Å². The second kappa shape index (κ2) is 10.6. The average molecular weight is 517 g/mol. The van der Waals surface area contributed by atoms with Gasteiger partial charge in [-0.2, -0.15) is 5.10 Å². The highest BCUT2D eigenvalue weighted by Gasteiger charge is 2.25. The molecule has 3 aromatic rings. The van der Waals surface area contributed by atoms with Gasteiger partial charge < -0.3 is 15.0 Å². The average Bonchev–Trinajstić information content (AvgIpc) is 3.24. The summed E-state index contributed by atoms with van der Waals surface area (Å²) in [5.74, 6) is 0.888. The van der Waals surface area contributed by atoms with Crippen LogP contribution in [-0.4, -0.2) is 47.4 Å². The van der Waals surface area contributed by atoms with Crippen LogP contribution in [0.25, 0.3) is 5.69 Å². The zero-order valence-corrected chi connectivity index (χ0v) is 19.7. The van der Waals surface area contributed by atoms with Crippen molar-refractivity contribution in [1.82, 2.24) is 20.0 Å². The smallest absolute Gasteiger partial charge is 0.194 e. The number of ether oxygens (including phenoxy) is 1. The Morgan fingerprint density at radius 1 is 1.17 bits per heavy atom. The molecule has 0 saturated carbocycles. The molecule has 2 aromatic carbocycles. The number of aliphatic imine (C=N–C) groups is 1. The Labute approximate surface area is 195 Å². The molecule has 1 atom stereocenters. The lowest BCUT2D eigenvalue weighted by Crippen LogP contribution is -2.48. The first-order valence-corrected chi connectivity index (χ1v) is 9.96. The van der Waals surface area contributed by atoms with Crippen molar-refractivity contribution in [1.29, 1.82) is 0 Å². The fourth-order valence-electron chi connectivity index (χ4n) is 3.66. The van der Waals surface area contributed by atoms with Gasteiger partial charge >= 0.3 is 0 Å². The van der Waals surface area contributed by atoms with E-state index < -0.39 is 0 Å². The summed E-state index contributed by atoms with van der Waals surface area (Å²) < 4.78 is 7.94. The standard InChI is InChI=1S/C23H27N5O.HI/c1-18-8-6-7-11-21(18)22-17-27(12-13-29-22)23(24-2)25-14-19-15-26-28(16-19)20-9-4-3-5-10-20;/h3-11,15-16,22H,12-14,17H2,1-2H3,(H,24,25);1H. The SMILES string of the molecule is CN=C(NCc1cnn(-c2ccccc2)c1)N1CCOC(c2ccccc2C)C1.I. The molecule has 1 unspecified atom stereocenters. The largest absolute Gasteiger partial charge is 0.370 e. The van der Waals surface area contributed by atoms with Gasteiger partial charge in [-0.05, 0) is 30.2 Å². The summed E-state index contributed by atoms with van der Waals surface area (Å²) in [6.45, 7) is 5.10. The molecule has 0 spiro atoms. The van der Waals surface area contributed by atoms with Gasteiger partial charge in [0.1, 0.15) is 6.10 Å². The maximum atomic E-state index is 6.05. The van der Waals surface area contributed by atoms with E-state index in [4.69, 9.17) is 4.74 Å². The number of morpholine rings is 1. The van der Waals surface area contributed by atoms with Gasteiger partial charge in [0.25, 0.3) is 0 Å². The molecule has 4 rings (SSSR count). The zero-order chi connectivity index (χ0) is 20.1. The van der Waals surface area contributed by atoms with Crippen LogP contribution in [0, 0.1) is 6.92 Å². The van der Waals surface area contributed by atoms with Crippen LogP contribution in [0.1, 0.15) is 22.8 Å². The van der Waals surface area contributed by atoms with E-state index in [9.17, 15) is 0 Å². The third-order valence-corrected chi connectivity index (χ3v) is 5.22. The van der Waals surface area contributed by atoms with Crippen LogP contribution in [0.3, 0.4) is 0 Å². The highest BCUT2D eigenvalue weighted by Crippen LogP contribution is 2.25. The summed E-state index contributed by atoms with van der Waals surface area (Å²) in [6.07, 6.45) is 4.00. The van der Waals surface area contributed by atoms with E-state index in [2.05, 4.69) is 51.5 Å². The first-order valence-electron chi connectivity index (χ1n) is 9.96. The maximum absolute atomic E-state index is 6.05. The Balaban J connectivity index is 0.00000256. The molecule has 7 heteroatoms. The summed E-state index contributed by atoms with van der Waals surface area (Å²) in [4.78, 5) is 6.76. The highest BCUT2D eigenvalue weighted by molar-refractivity contribution is 14.0. The lowest BCUT2D eigenvalue weighted by molar-refractivity contribution is -0.00833. The molecule has 0 aliphatic carbocycles. The number of hydrogen-bond donors (Lipinski definition) is 1. The van der Waals surface area contributed by atoms with Crippen LogP contribution >= 0.6 is 24.0 Å². The van der Waals surface area contributed by atoms with E-state index >= 15 is 0 Å². The van der Waals surface area contributed by atoms with Gasteiger partial charge in [0, 0.05) is 31.9 Å². The number of guanidine groups is 1. The van der Waals surface area contributed by atoms with Gasteiger partial charge in [0.2, 0.25) is 0 Å². The number of nitrogens with one attached hydrogen (secondary N) is 1. The quantitative estimate of drug-likeness (QED) is 0.324. The van der Waals surface area contributed by atoms with Gasteiger partial charge in [-0.25, -0.2) is 4.68 Å². The Bertz CT molecular complexity index is 972. The number of halogens is 1. The van der Waals surface area contributed by atoms with E-state index in [0.717, 1.165) is 30.3 Å². The van der Waals surface area contributed by atoms with Gasteiger partial charge in [0.15, 0.2) is 5.96 Å². The van der Waals surface area contributed by atoms with Crippen molar-refractivity contribution in [2.24, 2.45) is 4.99 Å². The second-order valence-electron chi connectivity index (χ2n) is 7.19. The van der Waals surface area contributed by atoms with Crippen molar-refractivity contribution < 1.29 is 4.74 Å². The topological polar surface area (TPSA) is 54.7 Å². The summed E-state index contributed by atoms with van der Waals surface area (Å²) in [7, 11) is 1.83. The lowest BCUT2D eigenvalue weighted by atomic mass is 10.0. The minimum absolute atomic E-state index is 0. The van der Waals surface area contributed by atoms with E-state index in [1.54, 1.807) is 0 Å². The molecule has 0 radical (unpaired) electrons. The third kappa shape index (κ3) is 5.20. The highest BCUT2D eigenvalue weighted by atomic mass is 127. The van der Waals surface area contributed by atoms with Crippen LogP contribution in [0.2, 0.25) is 0 Å². The minimum atomic E-state index is 0. The van der Waals surface area contributed by atoms with Crippen LogP contribution in [-0.2, 0) is 11.3 Å². The Morgan fingerprint density at radius 2 is 1.93 bits per heavy atom. The molecule has 1 aliphatic rings. The maximum Gasteiger partial charge on any atom is 0.194 e. The molecular formula is C23H28IN5O. The monoisotopic (exact) mass is 517 g/mol. The van der Waals surface area contributed by atoms with Crippen molar-refractivity contribution in [2.45, 2.75) is 19.6 Å². The molecular weight excluding hydrogens is 489 g/mol. The number of aromatic nitrogens is 2. The predicted molar refractivity (Wildman–Crippen MR) is 131 cm³/mol. The second-order valence-corrected chi connectivity index (χ2v) is 7.19. The van der Waals surface area contributed by atoms with E-state index in [0.29, 0.717) is 13.2 Å². The summed E-state index contributed by atoms with van der Waals surface area (Å²) >= 11 is 0. The molecule has 158 valence electrons. The molecule has 1 saturated heterocycles. The van der Waals surface area contributed by atoms with Crippen LogP contribution in [0.15, 0.2) is 72.0 Å². The molecule has 1 aliphatic heterocycles. The number of rotatable bonds is 4. The van der Waals surface area contributed by atoms with Crippen molar-refractivity contribution >= 4 is 29.9 Å². The van der Waals surface area contributed by atoms with Crippen LogP contribution < -0.4 is 5.32 Å². The third-order valence-electron chi connectivity index (χ3n) is 5.22. The fourth-order valence-corrected chi connectivity index (χ4v) is 3.66. The van der Waals surface area contributed by atoms with E-state index in [1.165, 1.54) is 11.1 Å². The normalized spacial score (nSPS) is 16.8. The molecule has 0 amide bonds. The van der Waals surface area contributed by atoms with Crippen molar-refractivity contribution in [3.8, 4) is 5.69 Å². The van der Waals surface area contributed by atoms with E-state index in [-0.39, 0.29) is 30.1 Å². The number of para-hydroxylation sites is 1. The van der Waals surface area contributed by atoms with E-state index in [1.807, 2.05) is 54.5 Å². The number of hydrogen-bond acceptors (Lipinski definition) is 3. The Morgan fingerprint density at radius 3 is 2.70 bits per heavy atom. The molecule has 30 heavy (non-hydrogen) atoms. The van der Waals surface area contributed by atoms with Crippen molar-refractivity contribution in [3.05, 3.63) is 83.7 Å². The van der Waals surface area contributed by atoms with Gasteiger partial charge in [-0.15, -0.1) is 24.0 Å². The molecule has 6 nitrogen and oxygen atoms in total. The first-order chi connectivity index (χ1) is 14.2. The van der Waals surface area contributed by atoms with Crippen molar-refractivity contribution in [2.75, 3.05) is 26.7 Å². The van der Waals surface area contributed by atoms with Gasteiger partial charge in [-0.3, -0.25) is 4.99 Å². The number of aryl methyl sites for hydroxylation is 1. The number of nitrogens with zero attached hydrogens (tertiary/aromatic N) is 4. The lowest BCUT2D eigenvalue weighted by Gasteiger charge is -2.35. The van der Waals surface area contributed by atoms with Gasteiger partial charge in [0.05, 0.1) is 25.0 Å². The molecule has 0 bridgehead atoms. The Hall–Kier alpha value is -2.39. The summed E-state index contributed by atoms with van der Waals surface area (Å²) in [5, 5.41) is 7.94. The minimum Gasteiger partial charge on any atom is -0.370 e. The zero-order valence-electron chi connectivity index (χ0n) is 17.4. The van der Waals surface area contributed by atoms with Crippen LogP contribution in [0.4, 0.5) is 0 Å². The molecule has 1 N–H and O–H groups in total. The first kappa shape index (κ1) is 22.3. The molecule has 1 aromatic heterocycles. The molecule has 2 heterocycles. The molecule has 1 fully saturated rings. The summed E-state index contributed by atoms with van der Waals surface area (Å²) in [5.41, 5.74) is 4.67. The summed E-state index contributed by atoms with van der Waals surface area (Å²) in [6, 6.07) is 18.5. The Kier molecular flexibility index (Phi) is 7.87.